The van der Waals surface area contributed by atoms with E-state index in [1.807, 2.05) is 55.5 Å². The first-order chi connectivity index (χ1) is 10.2. The van der Waals surface area contributed by atoms with E-state index in [1.165, 1.54) is 5.56 Å². The first kappa shape index (κ1) is 14.9. The molecule has 0 heterocycles. The predicted molar refractivity (Wildman–Crippen MR) is 84.9 cm³/mol. The van der Waals surface area contributed by atoms with Gasteiger partial charge in [-0.25, -0.2) is 4.79 Å². The summed E-state index contributed by atoms with van der Waals surface area (Å²) in [4.78, 5) is 11.8. The number of rotatable bonds is 5. The van der Waals surface area contributed by atoms with Crippen LogP contribution in [-0.4, -0.2) is 19.7 Å². The van der Waals surface area contributed by atoms with Gasteiger partial charge in [0.15, 0.2) is 0 Å². The molecule has 0 aliphatic carbocycles. The molecule has 0 radical (unpaired) electrons. The second kappa shape index (κ2) is 7.33. The lowest BCUT2D eigenvalue weighted by atomic mass is 10.1. The van der Waals surface area contributed by atoms with E-state index in [0.717, 1.165) is 23.4 Å². The molecule has 0 saturated carbocycles. The van der Waals surface area contributed by atoms with Crippen LogP contribution in [0.15, 0.2) is 48.5 Å². The highest BCUT2D eigenvalue weighted by Crippen LogP contribution is 2.21. The summed E-state index contributed by atoms with van der Waals surface area (Å²) in [6, 6.07) is 15.4. The van der Waals surface area contributed by atoms with Crippen molar-refractivity contribution in [2.24, 2.45) is 0 Å². The van der Waals surface area contributed by atoms with Crippen LogP contribution in [0, 0.1) is 6.92 Å². The van der Waals surface area contributed by atoms with Gasteiger partial charge in [-0.15, -0.1) is 0 Å². The molecule has 0 saturated heterocycles. The number of carbonyl (C=O) groups excluding carboxylic acids is 1. The Morgan fingerprint density at radius 2 is 1.90 bits per heavy atom. The van der Waals surface area contributed by atoms with Gasteiger partial charge in [0.2, 0.25) is 0 Å². The summed E-state index contributed by atoms with van der Waals surface area (Å²) in [5.41, 5.74) is 2.95. The van der Waals surface area contributed by atoms with Crippen LogP contribution in [0.5, 0.6) is 5.75 Å². The van der Waals surface area contributed by atoms with Crippen molar-refractivity contribution in [1.82, 2.24) is 5.32 Å². The summed E-state index contributed by atoms with van der Waals surface area (Å²) in [6.45, 7) is 2.54. The third-order valence-electron chi connectivity index (χ3n) is 3.19. The number of aryl methyl sites for hydroxylation is 1. The highest BCUT2D eigenvalue weighted by atomic mass is 16.5. The number of amides is 2. The maximum Gasteiger partial charge on any atom is 0.319 e. The summed E-state index contributed by atoms with van der Waals surface area (Å²) < 4.78 is 5.19. The summed E-state index contributed by atoms with van der Waals surface area (Å²) in [7, 11) is 1.63. The molecule has 0 aromatic heterocycles. The monoisotopic (exact) mass is 284 g/mol. The number of anilines is 1. The first-order valence-corrected chi connectivity index (χ1v) is 6.92. The molecule has 0 aliphatic rings. The Morgan fingerprint density at radius 3 is 2.57 bits per heavy atom. The Morgan fingerprint density at radius 1 is 1.14 bits per heavy atom. The van der Waals surface area contributed by atoms with Gasteiger partial charge in [-0.1, -0.05) is 30.3 Å². The number of methoxy groups -OCH3 is 1. The number of hydrogen-bond donors (Lipinski definition) is 2. The molecule has 21 heavy (non-hydrogen) atoms. The Hall–Kier alpha value is -2.49. The molecule has 2 aromatic carbocycles. The molecule has 110 valence electrons. The van der Waals surface area contributed by atoms with Crippen LogP contribution in [0.3, 0.4) is 0 Å². The van der Waals surface area contributed by atoms with Gasteiger partial charge in [0.25, 0.3) is 0 Å². The van der Waals surface area contributed by atoms with Crippen LogP contribution >= 0.6 is 0 Å². The lowest BCUT2D eigenvalue weighted by molar-refractivity contribution is 0.252. The minimum absolute atomic E-state index is 0.199. The Labute approximate surface area is 125 Å². The minimum Gasteiger partial charge on any atom is -0.496 e. The van der Waals surface area contributed by atoms with E-state index < -0.39 is 0 Å². The molecule has 2 N–H and O–H groups in total. The third-order valence-corrected chi connectivity index (χ3v) is 3.19. The molecular weight excluding hydrogens is 264 g/mol. The first-order valence-electron chi connectivity index (χ1n) is 6.92. The second-order valence-corrected chi connectivity index (χ2v) is 4.80. The molecular formula is C17H20N2O2. The molecule has 4 nitrogen and oxygen atoms in total. The highest BCUT2D eigenvalue weighted by molar-refractivity contribution is 5.89. The molecule has 0 aliphatic heterocycles. The Kier molecular flexibility index (Phi) is 5.21. The fourth-order valence-electron chi connectivity index (χ4n) is 2.10. The van der Waals surface area contributed by atoms with Crippen molar-refractivity contribution in [1.29, 1.82) is 0 Å². The number of carbonyl (C=O) groups is 1. The van der Waals surface area contributed by atoms with Crippen LogP contribution in [0.25, 0.3) is 0 Å². The SMILES string of the molecule is COc1ccc(NC(=O)NCCc2ccccc2)cc1C. The number of ether oxygens (including phenoxy) is 1. The van der Waals surface area contributed by atoms with Gasteiger partial charge in [0.05, 0.1) is 7.11 Å². The predicted octanol–water partition coefficient (Wildman–Crippen LogP) is 3.37. The van der Waals surface area contributed by atoms with Gasteiger partial charge < -0.3 is 15.4 Å². The van der Waals surface area contributed by atoms with Gasteiger partial charge in [-0.05, 0) is 42.7 Å². The standard InChI is InChI=1S/C17H20N2O2/c1-13-12-15(8-9-16(13)21-2)19-17(20)18-11-10-14-6-4-3-5-7-14/h3-9,12H,10-11H2,1-2H3,(H2,18,19,20). The lowest BCUT2D eigenvalue weighted by Crippen LogP contribution is -2.30. The maximum atomic E-state index is 11.8. The quantitative estimate of drug-likeness (QED) is 0.884. The molecule has 0 bridgehead atoms. The van der Waals surface area contributed by atoms with Gasteiger partial charge in [0.1, 0.15) is 5.75 Å². The van der Waals surface area contributed by atoms with Crippen molar-refractivity contribution in [2.75, 3.05) is 19.0 Å². The number of hydrogen-bond acceptors (Lipinski definition) is 2. The average molecular weight is 284 g/mol. The summed E-state index contributed by atoms with van der Waals surface area (Å²) in [5, 5.41) is 5.66. The lowest BCUT2D eigenvalue weighted by Gasteiger charge is -2.10. The largest absolute Gasteiger partial charge is 0.496 e. The van der Waals surface area contributed by atoms with E-state index in [-0.39, 0.29) is 6.03 Å². The summed E-state index contributed by atoms with van der Waals surface area (Å²) in [6.07, 6.45) is 0.815. The van der Waals surface area contributed by atoms with Crippen molar-refractivity contribution in [3.05, 3.63) is 59.7 Å². The second-order valence-electron chi connectivity index (χ2n) is 4.80. The number of benzene rings is 2. The molecule has 0 atom stereocenters. The normalized spacial score (nSPS) is 10.0. The topological polar surface area (TPSA) is 50.4 Å². The van der Waals surface area contributed by atoms with Crippen LogP contribution in [0.1, 0.15) is 11.1 Å². The zero-order chi connectivity index (χ0) is 15.1. The number of urea groups is 1. The van der Waals surface area contributed by atoms with Gasteiger partial charge in [-0.3, -0.25) is 0 Å². The van der Waals surface area contributed by atoms with Crippen molar-refractivity contribution in [2.45, 2.75) is 13.3 Å². The van der Waals surface area contributed by atoms with Crippen LogP contribution in [0.4, 0.5) is 10.5 Å². The van der Waals surface area contributed by atoms with Crippen LogP contribution < -0.4 is 15.4 Å². The van der Waals surface area contributed by atoms with Crippen molar-refractivity contribution >= 4 is 11.7 Å². The Balaban J connectivity index is 1.80. The van der Waals surface area contributed by atoms with Gasteiger partial charge in [-0.2, -0.15) is 0 Å². The molecule has 0 unspecified atom stereocenters. The highest BCUT2D eigenvalue weighted by Gasteiger charge is 2.04. The van der Waals surface area contributed by atoms with E-state index in [1.54, 1.807) is 7.11 Å². The van der Waals surface area contributed by atoms with Crippen molar-refractivity contribution < 1.29 is 9.53 Å². The van der Waals surface area contributed by atoms with Crippen LogP contribution in [-0.2, 0) is 6.42 Å². The van der Waals surface area contributed by atoms with E-state index in [0.29, 0.717) is 6.54 Å². The molecule has 4 heteroatoms. The zero-order valence-electron chi connectivity index (χ0n) is 12.3. The minimum atomic E-state index is -0.199. The van der Waals surface area contributed by atoms with E-state index in [9.17, 15) is 4.79 Å². The van der Waals surface area contributed by atoms with E-state index in [2.05, 4.69) is 10.6 Å². The molecule has 2 rings (SSSR count). The average Bonchev–Trinajstić information content (AvgIpc) is 2.48. The van der Waals surface area contributed by atoms with Gasteiger partial charge in [0, 0.05) is 12.2 Å². The third kappa shape index (κ3) is 4.53. The fraction of sp³-hybridized carbons (Fsp3) is 0.235. The molecule has 2 amide bonds. The fourth-order valence-corrected chi connectivity index (χ4v) is 2.10. The number of nitrogens with one attached hydrogen (secondary N) is 2. The van der Waals surface area contributed by atoms with E-state index in [4.69, 9.17) is 4.74 Å². The zero-order valence-corrected chi connectivity index (χ0v) is 12.3. The smallest absolute Gasteiger partial charge is 0.319 e. The van der Waals surface area contributed by atoms with Crippen LogP contribution in [0.2, 0.25) is 0 Å². The molecule has 2 aromatic rings. The summed E-state index contributed by atoms with van der Waals surface area (Å²) in [5.74, 6) is 0.810. The molecule has 0 fully saturated rings. The maximum absolute atomic E-state index is 11.8. The van der Waals surface area contributed by atoms with E-state index >= 15 is 0 Å². The Bertz CT molecular complexity index is 597. The van der Waals surface area contributed by atoms with Gasteiger partial charge >= 0.3 is 6.03 Å². The molecule has 0 spiro atoms. The van der Waals surface area contributed by atoms with Crippen molar-refractivity contribution in [3.63, 3.8) is 0 Å². The van der Waals surface area contributed by atoms with Crippen molar-refractivity contribution in [3.8, 4) is 5.75 Å². The summed E-state index contributed by atoms with van der Waals surface area (Å²) >= 11 is 0.